The molecule has 0 spiro atoms. The zero-order chi connectivity index (χ0) is 26.0. The first-order chi connectivity index (χ1) is 15.8. The Bertz CT molecular complexity index is 887. The molecule has 1 rings (SSSR count). The first-order valence-corrected chi connectivity index (χ1v) is 10.7. The van der Waals surface area contributed by atoms with Gasteiger partial charge >= 0.3 is 11.9 Å². The lowest BCUT2D eigenvalue weighted by Crippen LogP contribution is -2.57. The molecule has 12 heteroatoms. The van der Waals surface area contributed by atoms with Crippen LogP contribution in [0.2, 0.25) is 0 Å². The van der Waals surface area contributed by atoms with E-state index in [9.17, 15) is 34.2 Å². The van der Waals surface area contributed by atoms with Gasteiger partial charge in [0.25, 0.3) is 0 Å². The number of phenolic OH excluding ortho intramolecular Hbond substituents is 1. The number of aliphatic carboxylic acids is 2. The predicted molar refractivity (Wildman–Crippen MR) is 121 cm³/mol. The fraction of sp³-hybridized carbons (Fsp3) is 0.500. The van der Waals surface area contributed by atoms with Crippen molar-refractivity contribution in [1.82, 2.24) is 16.0 Å². The Morgan fingerprint density at radius 2 is 1.47 bits per heavy atom. The van der Waals surface area contributed by atoms with E-state index in [2.05, 4.69) is 16.0 Å². The summed E-state index contributed by atoms with van der Waals surface area (Å²) in [7, 11) is 0. The van der Waals surface area contributed by atoms with Gasteiger partial charge in [-0.05, 0) is 43.4 Å². The molecule has 0 saturated carbocycles. The van der Waals surface area contributed by atoms with Gasteiger partial charge in [-0.1, -0.05) is 26.0 Å². The Balaban J connectivity index is 2.71. The standard InChI is InChI=1S/C22H32N4O8/c1-11(2)18(21(32)25-16(22(33)34)8-9-17(28)29)26-19(30)12(3)24-20(31)15(23)10-13-4-6-14(27)7-5-13/h4-7,11-12,15-16,18,27H,8-10,23H2,1-3H3,(H,24,31)(H,25,32)(H,26,30)(H,28,29)(H,33,34)/t12-,15-,16-,18-/m0/s1. The number of hydrogen-bond donors (Lipinski definition) is 7. The van der Waals surface area contributed by atoms with Gasteiger partial charge in [-0.25, -0.2) is 4.79 Å². The third-order valence-electron chi connectivity index (χ3n) is 4.99. The Morgan fingerprint density at radius 1 is 0.882 bits per heavy atom. The molecule has 0 unspecified atom stereocenters. The second-order valence-electron chi connectivity index (χ2n) is 8.27. The highest BCUT2D eigenvalue weighted by Gasteiger charge is 2.30. The summed E-state index contributed by atoms with van der Waals surface area (Å²) in [5, 5.41) is 34.5. The monoisotopic (exact) mass is 480 g/mol. The van der Waals surface area contributed by atoms with Crippen LogP contribution in [0.5, 0.6) is 5.75 Å². The van der Waals surface area contributed by atoms with Crippen LogP contribution in [0.3, 0.4) is 0 Å². The van der Waals surface area contributed by atoms with E-state index in [1.807, 2.05) is 0 Å². The number of carboxylic acids is 2. The topological polar surface area (TPSA) is 208 Å². The Hall–Kier alpha value is -3.67. The molecule has 0 bridgehead atoms. The molecule has 34 heavy (non-hydrogen) atoms. The Labute approximate surface area is 196 Å². The third-order valence-corrected chi connectivity index (χ3v) is 4.99. The van der Waals surface area contributed by atoms with Crippen molar-refractivity contribution >= 4 is 29.7 Å². The average molecular weight is 481 g/mol. The van der Waals surface area contributed by atoms with Crippen LogP contribution in [0.15, 0.2) is 24.3 Å². The highest BCUT2D eigenvalue weighted by molar-refractivity contribution is 5.94. The fourth-order valence-corrected chi connectivity index (χ4v) is 2.96. The molecule has 0 heterocycles. The van der Waals surface area contributed by atoms with Gasteiger partial charge in [-0.15, -0.1) is 0 Å². The van der Waals surface area contributed by atoms with Gasteiger partial charge in [0.05, 0.1) is 6.04 Å². The molecule has 0 saturated heterocycles. The number of nitrogens with two attached hydrogens (primary N) is 1. The molecule has 4 atom stereocenters. The summed E-state index contributed by atoms with van der Waals surface area (Å²) in [5.41, 5.74) is 6.61. The number of aromatic hydroxyl groups is 1. The van der Waals surface area contributed by atoms with Crippen LogP contribution in [-0.2, 0) is 30.4 Å². The summed E-state index contributed by atoms with van der Waals surface area (Å²) < 4.78 is 0. The average Bonchev–Trinajstić information content (AvgIpc) is 2.75. The summed E-state index contributed by atoms with van der Waals surface area (Å²) in [6.45, 7) is 4.67. The minimum Gasteiger partial charge on any atom is -0.508 e. The Kier molecular flexibility index (Phi) is 11.0. The molecule has 188 valence electrons. The minimum atomic E-state index is -1.43. The molecule has 0 aliphatic rings. The van der Waals surface area contributed by atoms with Crippen molar-refractivity contribution in [2.75, 3.05) is 0 Å². The smallest absolute Gasteiger partial charge is 0.326 e. The van der Waals surface area contributed by atoms with Crippen LogP contribution >= 0.6 is 0 Å². The van der Waals surface area contributed by atoms with Crippen molar-refractivity contribution in [3.05, 3.63) is 29.8 Å². The summed E-state index contributed by atoms with van der Waals surface area (Å²) in [6.07, 6.45) is -0.603. The summed E-state index contributed by atoms with van der Waals surface area (Å²) >= 11 is 0. The zero-order valence-electron chi connectivity index (χ0n) is 19.3. The molecule has 0 aromatic heterocycles. The quantitative estimate of drug-likeness (QED) is 0.191. The molecule has 12 nitrogen and oxygen atoms in total. The SMILES string of the molecule is CC(C)[C@H](NC(=O)[C@H](C)NC(=O)[C@@H](N)Cc1ccc(O)cc1)C(=O)N[C@@H](CCC(=O)O)C(=O)O. The summed E-state index contributed by atoms with van der Waals surface area (Å²) in [4.78, 5) is 59.6. The van der Waals surface area contributed by atoms with Crippen molar-refractivity contribution < 1.29 is 39.3 Å². The molecule has 0 aliphatic carbocycles. The maximum atomic E-state index is 12.6. The summed E-state index contributed by atoms with van der Waals surface area (Å²) in [6, 6.07) is 1.59. The molecule has 1 aromatic carbocycles. The molecule has 0 fully saturated rings. The van der Waals surface area contributed by atoms with E-state index in [0.717, 1.165) is 0 Å². The van der Waals surface area contributed by atoms with Crippen LogP contribution in [0.25, 0.3) is 0 Å². The van der Waals surface area contributed by atoms with E-state index in [1.54, 1.807) is 26.0 Å². The molecule has 0 radical (unpaired) electrons. The van der Waals surface area contributed by atoms with Crippen molar-refractivity contribution in [3.8, 4) is 5.75 Å². The first-order valence-electron chi connectivity index (χ1n) is 10.7. The minimum absolute atomic E-state index is 0.0763. The van der Waals surface area contributed by atoms with E-state index in [-0.39, 0.29) is 18.6 Å². The van der Waals surface area contributed by atoms with Crippen LogP contribution in [0, 0.1) is 5.92 Å². The molecule has 8 N–H and O–H groups in total. The molecule has 0 aliphatic heterocycles. The van der Waals surface area contributed by atoms with Crippen molar-refractivity contribution in [2.45, 2.75) is 64.2 Å². The lowest BCUT2D eigenvalue weighted by Gasteiger charge is -2.26. The number of phenols is 1. The number of carbonyl (C=O) groups excluding carboxylic acids is 3. The number of carboxylic acid groups (broad SMARTS) is 2. The van der Waals surface area contributed by atoms with E-state index < -0.39 is 66.2 Å². The van der Waals surface area contributed by atoms with Crippen molar-refractivity contribution in [1.29, 1.82) is 0 Å². The van der Waals surface area contributed by atoms with Crippen LogP contribution in [-0.4, -0.2) is 69.1 Å². The van der Waals surface area contributed by atoms with Gasteiger partial charge in [0.1, 0.15) is 23.9 Å². The van der Waals surface area contributed by atoms with E-state index in [0.29, 0.717) is 5.56 Å². The van der Waals surface area contributed by atoms with Gasteiger partial charge in [0, 0.05) is 6.42 Å². The molecular formula is C22H32N4O8. The van der Waals surface area contributed by atoms with Crippen LogP contribution in [0.1, 0.15) is 39.2 Å². The summed E-state index contributed by atoms with van der Waals surface area (Å²) in [5.74, 6) is -5.03. The molecule has 1 aromatic rings. The van der Waals surface area contributed by atoms with E-state index >= 15 is 0 Å². The molecule has 3 amide bonds. The number of benzene rings is 1. The highest BCUT2D eigenvalue weighted by atomic mass is 16.4. The second-order valence-corrected chi connectivity index (χ2v) is 8.27. The first kappa shape index (κ1) is 28.4. The van der Waals surface area contributed by atoms with Gasteiger partial charge in [0.15, 0.2) is 0 Å². The number of nitrogens with one attached hydrogen (secondary N) is 3. The van der Waals surface area contributed by atoms with Gasteiger partial charge < -0.3 is 37.0 Å². The number of amides is 3. The largest absolute Gasteiger partial charge is 0.508 e. The van der Waals surface area contributed by atoms with E-state index in [4.69, 9.17) is 10.8 Å². The normalized spacial score (nSPS) is 14.4. The van der Waals surface area contributed by atoms with Crippen molar-refractivity contribution in [3.63, 3.8) is 0 Å². The fourth-order valence-electron chi connectivity index (χ4n) is 2.96. The van der Waals surface area contributed by atoms with Gasteiger partial charge in [-0.3, -0.25) is 19.2 Å². The van der Waals surface area contributed by atoms with Crippen LogP contribution in [0.4, 0.5) is 0 Å². The number of hydrogen-bond acceptors (Lipinski definition) is 7. The maximum Gasteiger partial charge on any atom is 0.326 e. The van der Waals surface area contributed by atoms with Crippen LogP contribution < -0.4 is 21.7 Å². The van der Waals surface area contributed by atoms with Crippen molar-refractivity contribution in [2.24, 2.45) is 11.7 Å². The van der Waals surface area contributed by atoms with Gasteiger partial charge in [0.2, 0.25) is 17.7 Å². The Morgan fingerprint density at radius 3 is 1.97 bits per heavy atom. The maximum absolute atomic E-state index is 12.6. The second kappa shape index (κ2) is 13.1. The third kappa shape index (κ3) is 9.45. The lowest BCUT2D eigenvalue weighted by molar-refractivity contribution is -0.143. The zero-order valence-corrected chi connectivity index (χ0v) is 19.3. The highest BCUT2D eigenvalue weighted by Crippen LogP contribution is 2.11. The van der Waals surface area contributed by atoms with Gasteiger partial charge in [-0.2, -0.15) is 0 Å². The number of rotatable bonds is 13. The number of carbonyl (C=O) groups is 5. The predicted octanol–water partition coefficient (Wildman–Crippen LogP) is -0.658. The molecular weight excluding hydrogens is 448 g/mol. The lowest BCUT2D eigenvalue weighted by atomic mass is 10.0. The van der Waals surface area contributed by atoms with E-state index in [1.165, 1.54) is 19.1 Å².